The van der Waals surface area contributed by atoms with E-state index in [4.69, 9.17) is 9.47 Å². The third kappa shape index (κ3) is 4.50. The van der Waals surface area contributed by atoms with Gasteiger partial charge in [-0.3, -0.25) is 0 Å². The van der Waals surface area contributed by atoms with E-state index in [-0.39, 0.29) is 24.4 Å². The average Bonchev–Trinajstić information content (AvgIpc) is 3.27. The summed E-state index contributed by atoms with van der Waals surface area (Å²) in [7, 11) is 0. The summed E-state index contributed by atoms with van der Waals surface area (Å²) in [6.07, 6.45) is 1.82. The molecule has 0 radical (unpaired) electrons. The summed E-state index contributed by atoms with van der Waals surface area (Å²) in [6, 6.07) is 13.0. The SMILES string of the molecule is CCOC(=O)/C(C#N)=C1/C(=Cc2cc(C)sc2C)/C(=C(\C#N)C(=O)OCC)c2ccccc21. The Hall–Kier alpha value is -3.94. The fourth-order valence-corrected chi connectivity index (χ4v) is 4.68. The lowest BCUT2D eigenvalue weighted by atomic mass is 9.94. The molecule has 0 unspecified atom stereocenters. The molecule has 0 N–H and O–H groups in total. The molecule has 33 heavy (non-hydrogen) atoms. The van der Waals surface area contributed by atoms with E-state index in [9.17, 15) is 20.1 Å². The van der Waals surface area contributed by atoms with Gasteiger partial charge in [0.15, 0.2) is 0 Å². The Kier molecular flexibility index (Phi) is 7.27. The molecule has 0 spiro atoms. The molecule has 1 aromatic carbocycles. The van der Waals surface area contributed by atoms with Crippen LogP contribution in [0.25, 0.3) is 17.2 Å². The van der Waals surface area contributed by atoms with Crippen molar-refractivity contribution in [1.29, 1.82) is 10.5 Å². The van der Waals surface area contributed by atoms with Crippen LogP contribution in [0.2, 0.25) is 0 Å². The molecule has 1 aliphatic carbocycles. The number of nitrogens with zero attached hydrogens (tertiary/aromatic N) is 2. The zero-order valence-corrected chi connectivity index (χ0v) is 19.6. The third-order valence-corrected chi connectivity index (χ3v) is 6.05. The minimum Gasteiger partial charge on any atom is -0.462 e. The lowest BCUT2D eigenvalue weighted by Gasteiger charge is -2.10. The first-order chi connectivity index (χ1) is 15.9. The smallest absolute Gasteiger partial charge is 0.349 e. The Morgan fingerprint density at radius 3 is 1.79 bits per heavy atom. The summed E-state index contributed by atoms with van der Waals surface area (Å²) < 4.78 is 10.3. The van der Waals surface area contributed by atoms with Gasteiger partial charge in [-0.15, -0.1) is 11.3 Å². The van der Waals surface area contributed by atoms with Crippen LogP contribution in [0.4, 0.5) is 0 Å². The summed E-state index contributed by atoms with van der Waals surface area (Å²) in [5, 5.41) is 19.8. The molecule has 0 bridgehead atoms. The standard InChI is InChI=1S/C26H22N2O4S/c1-5-31-25(29)21(13-27)23-18-9-7-8-10-19(18)24(22(14-28)26(30)32-6-2)20(23)12-17-11-15(3)33-16(17)4/h7-12H,5-6H2,1-4H3/b23-21+,24-22+. The first-order valence-electron chi connectivity index (χ1n) is 10.4. The Labute approximate surface area is 196 Å². The van der Waals surface area contributed by atoms with Crippen molar-refractivity contribution in [2.75, 3.05) is 13.2 Å². The normalized spacial score (nSPS) is 15.2. The number of thiophene rings is 1. The van der Waals surface area contributed by atoms with Gasteiger partial charge in [-0.2, -0.15) is 10.5 Å². The van der Waals surface area contributed by atoms with Crippen molar-refractivity contribution >= 4 is 40.5 Å². The highest BCUT2D eigenvalue weighted by molar-refractivity contribution is 7.12. The number of aryl methyl sites for hydroxylation is 2. The summed E-state index contributed by atoms with van der Waals surface area (Å²) in [5.41, 5.74) is 2.76. The van der Waals surface area contributed by atoms with Crippen molar-refractivity contribution in [2.24, 2.45) is 0 Å². The van der Waals surface area contributed by atoms with E-state index in [0.29, 0.717) is 27.8 Å². The van der Waals surface area contributed by atoms with Crippen molar-refractivity contribution in [2.45, 2.75) is 27.7 Å². The third-order valence-electron chi connectivity index (χ3n) is 5.07. The molecule has 1 aromatic heterocycles. The van der Waals surface area contributed by atoms with Crippen molar-refractivity contribution in [3.63, 3.8) is 0 Å². The number of fused-ring (bicyclic) bond motifs is 1. The molecule has 3 rings (SSSR count). The van der Waals surface area contributed by atoms with Crippen LogP contribution in [-0.2, 0) is 19.1 Å². The van der Waals surface area contributed by atoms with Gasteiger partial charge in [-0.05, 0) is 62.1 Å². The van der Waals surface area contributed by atoms with E-state index in [1.165, 1.54) is 0 Å². The molecular formula is C26H22N2O4S. The van der Waals surface area contributed by atoms with Gasteiger partial charge in [-0.1, -0.05) is 24.3 Å². The van der Waals surface area contributed by atoms with E-state index in [0.717, 1.165) is 15.3 Å². The number of carbonyl (C=O) groups excluding carboxylic acids is 2. The van der Waals surface area contributed by atoms with Crippen LogP contribution in [-0.4, -0.2) is 25.2 Å². The van der Waals surface area contributed by atoms with Crippen LogP contribution in [0.1, 0.15) is 40.3 Å². The quantitative estimate of drug-likeness (QED) is 0.349. The predicted octanol–water partition coefficient (Wildman–Crippen LogP) is 5.14. The molecule has 0 amide bonds. The number of hydrogen-bond donors (Lipinski definition) is 0. The Morgan fingerprint density at radius 1 is 0.939 bits per heavy atom. The molecule has 166 valence electrons. The second kappa shape index (κ2) is 10.1. The van der Waals surface area contributed by atoms with Crippen LogP contribution in [0.15, 0.2) is 47.1 Å². The van der Waals surface area contributed by atoms with E-state index < -0.39 is 11.9 Å². The molecule has 7 heteroatoms. The summed E-state index contributed by atoms with van der Waals surface area (Å²) in [6.45, 7) is 7.48. The number of allylic oxidation sites excluding steroid dienone is 3. The maximum Gasteiger partial charge on any atom is 0.349 e. The molecule has 2 aromatic rings. The van der Waals surface area contributed by atoms with E-state index >= 15 is 0 Å². The van der Waals surface area contributed by atoms with E-state index in [1.807, 2.05) is 38.1 Å². The van der Waals surface area contributed by atoms with Gasteiger partial charge >= 0.3 is 11.9 Å². The van der Waals surface area contributed by atoms with Crippen molar-refractivity contribution in [1.82, 2.24) is 0 Å². The highest BCUT2D eigenvalue weighted by Crippen LogP contribution is 2.49. The maximum absolute atomic E-state index is 12.7. The fourth-order valence-electron chi connectivity index (χ4n) is 3.78. The van der Waals surface area contributed by atoms with Gasteiger partial charge < -0.3 is 9.47 Å². The van der Waals surface area contributed by atoms with Crippen LogP contribution >= 0.6 is 11.3 Å². The first kappa shape index (κ1) is 23.7. The Bertz CT molecular complexity index is 1240. The van der Waals surface area contributed by atoms with Crippen molar-refractivity contribution in [3.8, 4) is 12.1 Å². The van der Waals surface area contributed by atoms with E-state index in [2.05, 4.69) is 0 Å². The van der Waals surface area contributed by atoms with Crippen molar-refractivity contribution in [3.05, 3.63) is 73.5 Å². The molecular weight excluding hydrogens is 436 g/mol. The van der Waals surface area contributed by atoms with Gasteiger partial charge in [-0.25, -0.2) is 9.59 Å². The zero-order chi connectivity index (χ0) is 24.1. The van der Waals surface area contributed by atoms with E-state index in [1.54, 1.807) is 49.4 Å². The Morgan fingerprint density at radius 2 is 1.42 bits per heavy atom. The van der Waals surface area contributed by atoms with Crippen LogP contribution in [0.3, 0.4) is 0 Å². The van der Waals surface area contributed by atoms with Crippen LogP contribution in [0.5, 0.6) is 0 Å². The topological polar surface area (TPSA) is 100 Å². The van der Waals surface area contributed by atoms with Gasteiger partial charge in [0.25, 0.3) is 0 Å². The minimum absolute atomic E-state index is 0.107. The highest BCUT2D eigenvalue weighted by atomic mass is 32.1. The Balaban J connectivity index is 2.49. The highest BCUT2D eigenvalue weighted by Gasteiger charge is 2.35. The molecule has 0 fully saturated rings. The van der Waals surface area contributed by atoms with Gasteiger partial charge in [0, 0.05) is 20.9 Å². The number of esters is 2. The van der Waals surface area contributed by atoms with Crippen LogP contribution in [0, 0.1) is 36.5 Å². The monoisotopic (exact) mass is 458 g/mol. The van der Waals surface area contributed by atoms with Gasteiger partial charge in [0.1, 0.15) is 23.3 Å². The van der Waals surface area contributed by atoms with Crippen LogP contribution < -0.4 is 0 Å². The molecule has 0 atom stereocenters. The number of carbonyl (C=O) groups is 2. The molecule has 0 aliphatic heterocycles. The lowest BCUT2D eigenvalue weighted by Crippen LogP contribution is -2.10. The zero-order valence-electron chi connectivity index (χ0n) is 18.8. The molecule has 1 aliphatic rings. The van der Waals surface area contributed by atoms with Crippen molar-refractivity contribution < 1.29 is 19.1 Å². The predicted molar refractivity (Wildman–Crippen MR) is 127 cm³/mol. The second-order valence-electron chi connectivity index (χ2n) is 7.14. The number of hydrogen-bond acceptors (Lipinski definition) is 7. The number of ether oxygens (including phenoxy) is 2. The lowest BCUT2D eigenvalue weighted by molar-refractivity contribution is -0.138. The number of nitriles is 2. The largest absolute Gasteiger partial charge is 0.462 e. The molecule has 0 saturated heterocycles. The fraction of sp³-hybridized carbons (Fsp3) is 0.231. The first-order valence-corrected chi connectivity index (χ1v) is 11.2. The number of rotatable bonds is 5. The minimum atomic E-state index is -0.759. The maximum atomic E-state index is 12.7. The summed E-state index contributed by atoms with van der Waals surface area (Å²) in [5.74, 6) is -1.52. The van der Waals surface area contributed by atoms with Gasteiger partial charge in [0.05, 0.1) is 13.2 Å². The molecule has 1 heterocycles. The molecule has 6 nitrogen and oxygen atoms in total. The summed E-state index contributed by atoms with van der Waals surface area (Å²) in [4.78, 5) is 27.6. The van der Waals surface area contributed by atoms with Gasteiger partial charge in [0.2, 0.25) is 0 Å². The number of benzene rings is 1. The summed E-state index contributed by atoms with van der Waals surface area (Å²) >= 11 is 1.61. The second-order valence-corrected chi connectivity index (χ2v) is 8.60. The average molecular weight is 459 g/mol. The molecule has 0 saturated carbocycles.